The molecule has 1 saturated heterocycles. The van der Waals surface area contributed by atoms with Gasteiger partial charge in [0.2, 0.25) is 0 Å². The zero-order valence-corrected chi connectivity index (χ0v) is 9.92. The van der Waals surface area contributed by atoms with Crippen LogP contribution in [0.25, 0.3) is 0 Å². The first kappa shape index (κ1) is 10.7. The van der Waals surface area contributed by atoms with Crippen molar-refractivity contribution >= 4 is 0 Å². The van der Waals surface area contributed by atoms with Gasteiger partial charge in [-0.05, 0) is 32.8 Å². The highest BCUT2D eigenvalue weighted by Gasteiger charge is 2.44. The normalized spacial score (nSPS) is 37.8. The summed E-state index contributed by atoms with van der Waals surface area (Å²) in [6.07, 6.45) is 5.71. The van der Waals surface area contributed by atoms with E-state index in [1.165, 1.54) is 5.57 Å². The summed E-state index contributed by atoms with van der Waals surface area (Å²) in [6, 6.07) is 0. The van der Waals surface area contributed by atoms with E-state index in [1.807, 2.05) is 6.92 Å². The summed E-state index contributed by atoms with van der Waals surface area (Å²) in [4.78, 5) is 0. The summed E-state index contributed by atoms with van der Waals surface area (Å²) in [5, 5.41) is 0. The van der Waals surface area contributed by atoms with E-state index in [9.17, 15) is 0 Å². The zero-order valence-electron chi connectivity index (χ0n) is 9.92. The first-order valence-electron chi connectivity index (χ1n) is 5.62. The lowest BCUT2D eigenvalue weighted by Crippen LogP contribution is -2.48. The van der Waals surface area contributed by atoms with E-state index in [0.29, 0.717) is 11.8 Å². The van der Waals surface area contributed by atoms with Crippen molar-refractivity contribution in [2.24, 2.45) is 11.8 Å². The number of allylic oxidation sites excluding steroid dienone is 1. The van der Waals surface area contributed by atoms with Crippen LogP contribution in [0.3, 0.4) is 0 Å². The van der Waals surface area contributed by atoms with Gasteiger partial charge in [-0.15, -0.1) is 0 Å². The molecule has 15 heavy (non-hydrogen) atoms. The van der Waals surface area contributed by atoms with E-state index in [4.69, 9.17) is 4.74 Å². The second kappa shape index (κ2) is 3.34. The third-order valence-electron chi connectivity index (χ3n) is 3.70. The molecule has 1 aliphatic heterocycles. The van der Waals surface area contributed by atoms with E-state index in [0.717, 1.165) is 12.0 Å². The van der Waals surface area contributed by atoms with Crippen molar-refractivity contribution in [3.8, 4) is 0 Å². The minimum Gasteiger partial charge on any atom is -0.367 e. The van der Waals surface area contributed by atoms with Crippen molar-refractivity contribution < 1.29 is 4.74 Å². The molecular formula is C14H20O. The number of rotatable bonds is 1. The van der Waals surface area contributed by atoms with Crippen LogP contribution in [0.5, 0.6) is 0 Å². The maximum absolute atomic E-state index is 6.16. The Morgan fingerprint density at radius 3 is 2.80 bits per heavy atom. The molecule has 1 aliphatic carbocycles. The fourth-order valence-electron chi connectivity index (χ4n) is 2.64. The van der Waals surface area contributed by atoms with Gasteiger partial charge in [0.05, 0.1) is 11.7 Å². The second-order valence-corrected chi connectivity index (χ2v) is 5.37. The molecular weight excluding hydrogens is 184 g/mol. The van der Waals surface area contributed by atoms with Gasteiger partial charge in [-0.3, -0.25) is 0 Å². The molecule has 0 amide bonds. The largest absolute Gasteiger partial charge is 0.367 e. The molecule has 1 nitrogen and oxygen atoms in total. The van der Waals surface area contributed by atoms with Crippen LogP contribution < -0.4 is 0 Å². The number of ether oxygens (including phenoxy) is 1. The van der Waals surface area contributed by atoms with Gasteiger partial charge >= 0.3 is 0 Å². The SMILES string of the molecule is C=C1C=CC2CC1C(C(=C)C)OC2(C)C. The Bertz CT molecular complexity index is 335. The summed E-state index contributed by atoms with van der Waals surface area (Å²) in [7, 11) is 0. The molecule has 0 N–H and O–H groups in total. The molecule has 3 atom stereocenters. The Morgan fingerprint density at radius 2 is 2.20 bits per heavy atom. The molecule has 2 bridgehead atoms. The second-order valence-electron chi connectivity index (χ2n) is 5.37. The average Bonchev–Trinajstić information content (AvgIpc) is 2.14. The van der Waals surface area contributed by atoms with Crippen LogP contribution in [0, 0.1) is 11.8 Å². The van der Waals surface area contributed by atoms with Crippen LogP contribution in [0.4, 0.5) is 0 Å². The minimum atomic E-state index is -0.0721. The molecule has 1 heterocycles. The van der Waals surface area contributed by atoms with Crippen LogP contribution in [-0.4, -0.2) is 11.7 Å². The van der Waals surface area contributed by atoms with Gasteiger partial charge in [-0.2, -0.15) is 0 Å². The molecule has 0 radical (unpaired) electrons. The van der Waals surface area contributed by atoms with Crippen LogP contribution >= 0.6 is 0 Å². The van der Waals surface area contributed by atoms with E-state index >= 15 is 0 Å². The predicted molar refractivity (Wildman–Crippen MR) is 63.6 cm³/mol. The van der Waals surface area contributed by atoms with Crippen molar-refractivity contribution in [3.63, 3.8) is 0 Å². The topological polar surface area (TPSA) is 9.23 Å². The van der Waals surface area contributed by atoms with Gasteiger partial charge in [-0.25, -0.2) is 0 Å². The van der Waals surface area contributed by atoms with Crippen LogP contribution in [0.2, 0.25) is 0 Å². The summed E-state index contributed by atoms with van der Waals surface area (Å²) in [5.74, 6) is 0.953. The first-order chi connectivity index (χ1) is 6.92. The molecule has 0 spiro atoms. The van der Waals surface area contributed by atoms with Crippen LogP contribution in [-0.2, 0) is 4.74 Å². The summed E-state index contributed by atoms with van der Waals surface area (Å²) in [6.45, 7) is 14.5. The van der Waals surface area contributed by atoms with Crippen LogP contribution in [0.1, 0.15) is 27.2 Å². The Kier molecular flexibility index (Phi) is 2.38. The number of hydrogen-bond donors (Lipinski definition) is 0. The highest BCUT2D eigenvalue weighted by atomic mass is 16.5. The van der Waals surface area contributed by atoms with Gasteiger partial charge in [0, 0.05) is 11.8 Å². The first-order valence-corrected chi connectivity index (χ1v) is 5.62. The van der Waals surface area contributed by atoms with Crippen molar-refractivity contribution in [2.75, 3.05) is 0 Å². The summed E-state index contributed by atoms with van der Waals surface area (Å²) in [5.41, 5.74) is 2.23. The lowest BCUT2D eigenvalue weighted by molar-refractivity contribution is -0.135. The van der Waals surface area contributed by atoms with Crippen molar-refractivity contribution in [1.29, 1.82) is 0 Å². The molecule has 3 unspecified atom stereocenters. The maximum Gasteiger partial charge on any atom is 0.0855 e. The Balaban J connectivity index is 2.35. The summed E-state index contributed by atoms with van der Waals surface area (Å²) >= 11 is 0. The highest BCUT2D eigenvalue weighted by molar-refractivity contribution is 5.30. The van der Waals surface area contributed by atoms with Crippen molar-refractivity contribution in [3.05, 3.63) is 36.5 Å². The lowest BCUT2D eigenvalue weighted by Gasteiger charge is -2.48. The standard InChI is InChI=1S/C14H20O/c1-9(2)13-12-8-11(7-6-10(12)3)14(4,5)15-13/h6-7,11-13H,1,3,8H2,2,4-5H3. The fourth-order valence-corrected chi connectivity index (χ4v) is 2.64. The Morgan fingerprint density at radius 1 is 1.53 bits per heavy atom. The molecule has 0 aromatic carbocycles. The van der Waals surface area contributed by atoms with E-state index in [-0.39, 0.29) is 11.7 Å². The average molecular weight is 204 g/mol. The quantitative estimate of drug-likeness (QED) is 0.594. The molecule has 0 aromatic heterocycles. The molecule has 1 fully saturated rings. The van der Waals surface area contributed by atoms with E-state index in [1.54, 1.807) is 0 Å². The zero-order chi connectivity index (χ0) is 11.2. The van der Waals surface area contributed by atoms with Gasteiger partial charge < -0.3 is 4.74 Å². The maximum atomic E-state index is 6.16. The van der Waals surface area contributed by atoms with Gasteiger partial charge in [0.1, 0.15) is 0 Å². The van der Waals surface area contributed by atoms with Gasteiger partial charge in [-0.1, -0.05) is 30.9 Å². The van der Waals surface area contributed by atoms with E-state index < -0.39 is 0 Å². The highest BCUT2D eigenvalue weighted by Crippen LogP contribution is 2.45. The van der Waals surface area contributed by atoms with Gasteiger partial charge in [0.25, 0.3) is 0 Å². The monoisotopic (exact) mass is 204 g/mol. The molecule has 2 rings (SSSR count). The summed E-state index contributed by atoms with van der Waals surface area (Å²) < 4.78 is 6.16. The van der Waals surface area contributed by atoms with E-state index in [2.05, 4.69) is 39.2 Å². The molecule has 0 aromatic rings. The molecule has 0 saturated carbocycles. The lowest BCUT2D eigenvalue weighted by atomic mass is 9.70. The molecule has 1 heteroatoms. The van der Waals surface area contributed by atoms with Crippen molar-refractivity contribution in [1.82, 2.24) is 0 Å². The fraction of sp³-hybridized carbons (Fsp3) is 0.571. The Hall–Kier alpha value is -0.820. The minimum absolute atomic E-state index is 0.0721. The Labute approximate surface area is 92.5 Å². The smallest absolute Gasteiger partial charge is 0.0855 e. The molecule has 2 aliphatic rings. The third-order valence-corrected chi connectivity index (χ3v) is 3.70. The number of fused-ring (bicyclic) bond motifs is 2. The van der Waals surface area contributed by atoms with Crippen molar-refractivity contribution in [2.45, 2.75) is 38.9 Å². The third kappa shape index (κ3) is 1.69. The molecule has 82 valence electrons. The van der Waals surface area contributed by atoms with Gasteiger partial charge in [0.15, 0.2) is 0 Å². The predicted octanol–water partition coefficient (Wildman–Crippen LogP) is 3.49. The number of hydrogen-bond acceptors (Lipinski definition) is 1. The van der Waals surface area contributed by atoms with Crippen LogP contribution in [0.15, 0.2) is 36.5 Å².